The zero-order valence-electron chi connectivity index (χ0n) is 10.8. The molecule has 5 nitrogen and oxygen atoms in total. The third-order valence-electron chi connectivity index (χ3n) is 4.13. The second-order valence-corrected chi connectivity index (χ2v) is 5.21. The van der Waals surface area contributed by atoms with E-state index in [0.29, 0.717) is 11.0 Å². The molecule has 19 heavy (non-hydrogen) atoms. The second kappa shape index (κ2) is 4.06. The molecule has 1 aromatic carbocycles. The Morgan fingerprint density at radius 3 is 2.74 bits per heavy atom. The van der Waals surface area contributed by atoms with E-state index in [2.05, 4.69) is 4.98 Å². The Labute approximate surface area is 110 Å². The van der Waals surface area contributed by atoms with Gasteiger partial charge in [0.05, 0.1) is 28.7 Å². The van der Waals surface area contributed by atoms with Crippen LogP contribution in [-0.4, -0.2) is 32.3 Å². The number of carboxylic acids is 1. The highest BCUT2D eigenvalue weighted by atomic mass is 16.4. The number of para-hydroxylation sites is 1. The first-order valence-corrected chi connectivity index (χ1v) is 6.42. The highest BCUT2D eigenvalue weighted by Gasteiger charge is 2.40. The van der Waals surface area contributed by atoms with Gasteiger partial charge < -0.3 is 14.8 Å². The van der Waals surface area contributed by atoms with Gasteiger partial charge in [0.2, 0.25) is 0 Å². The smallest absolute Gasteiger partial charge is 0.337 e. The van der Waals surface area contributed by atoms with Crippen LogP contribution in [0.1, 0.15) is 35.4 Å². The summed E-state index contributed by atoms with van der Waals surface area (Å²) >= 11 is 0. The number of aromatic carboxylic acids is 1. The van der Waals surface area contributed by atoms with Crippen molar-refractivity contribution in [2.75, 3.05) is 6.61 Å². The van der Waals surface area contributed by atoms with Gasteiger partial charge in [-0.25, -0.2) is 9.78 Å². The predicted molar refractivity (Wildman–Crippen MR) is 70.3 cm³/mol. The number of imidazole rings is 1. The molecule has 3 rings (SSSR count). The van der Waals surface area contributed by atoms with Crippen LogP contribution in [0.15, 0.2) is 18.2 Å². The number of aliphatic hydroxyl groups is 1. The summed E-state index contributed by atoms with van der Waals surface area (Å²) in [7, 11) is 0. The largest absolute Gasteiger partial charge is 0.478 e. The van der Waals surface area contributed by atoms with Crippen LogP contribution in [0.4, 0.5) is 0 Å². The molecule has 100 valence electrons. The number of rotatable bonds is 3. The number of hydrogen-bond donors (Lipinski definition) is 2. The molecule has 2 aromatic rings. The topological polar surface area (TPSA) is 75.3 Å². The fraction of sp³-hybridized carbons (Fsp3) is 0.429. The highest BCUT2D eigenvalue weighted by molar-refractivity contribution is 6.01. The van der Waals surface area contributed by atoms with Gasteiger partial charge in [-0.3, -0.25) is 0 Å². The Morgan fingerprint density at radius 2 is 2.21 bits per heavy atom. The molecule has 0 amide bonds. The summed E-state index contributed by atoms with van der Waals surface area (Å²) in [5, 5.41) is 19.1. The third kappa shape index (κ3) is 1.58. The molecule has 1 aliphatic carbocycles. The van der Waals surface area contributed by atoms with E-state index in [4.69, 9.17) is 0 Å². The lowest BCUT2D eigenvalue weighted by molar-refractivity contribution is 0.0563. The summed E-state index contributed by atoms with van der Waals surface area (Å²) in [5.74, 6) is -0.198. The van der Waals surface area contributed by atoms with Gasteiger partial charge in [0, 0.05) is 0 Å². The molecule has 2 N–H and O–H groups in total. The van der Waals surface area contributed by atoms with Crippen LogP contribution in [-0.2, 0) is 5.54 Å². The number of nitrogens with zero attached hydrogens (tertiary/aromatic N) is 2. The molecule has 1 aromatic heterocycles. The molecule has 1 fully saturated rings. The summed E-state index contributed by atoms with van der Waals surface area (Å²) in [4.78, 5) is 15.8. The number of carboxylic acid groups (broad SMARTS) is 1. The minimum atomic E-state index is -0.959. The standard InChI is InChI=1S/C14H16N2O3/c1-9-15-11-5-2-4-10(13(18)19)12(11)16(9)14(8-17)6-3-7-14/h2,4-5,17H,3,6-8H2,1H3,(H,18,19). The summed E-state index contributed by atoms with van der Waals surface area (Å²) in [6, 6.07) is 5.11. The molecule has 0 atom stereocenters. The van der Waals surface area contributed by atoms with Crippen molar-refractivity contribution in [3.63, 3.8) is 0 Å². The van der Waals surface area contributed by atoms with Crippen molar-refractivity contribution in [2.45, 2.75) is 31.7 Å². The van der Waals surface area contributed by atoms with E-state index in [1.165, 1.54) is 0 Å². The SMILES string of the molecule is Cc1nc2cccc(C(=O)O)c2n1C1(CO)CCC1. The molecule has 5 heteroatoms. The zero-order chi connectivity index (χ0) is 13.6. The van der Waals surface area contributed by atoms with E-state index in [1.807, 2.05) is 17.6 Å². The van der Waals surface area contributed by atoms with Gasteiger partial charge in [-0.15, -0.1) is 0 Å². The molecular weight excluding hydrogens is 244 g/mol. The fourth-order valence-corrected chi connectivity index (χ4v) is 3.03. The van der Waals surface area contributed by atoms with Crippen LogP contribution in [0.3, 0.4) is 0 Å². The molecule has 0 saturated heterocycles. The molecule has 1 saturated carbocycles. The quantitative estimate of drug-likeness (QED) is 0.884. The van der Waals surface area contributed by atoms with Crippen LogP contribution < -0.4 is 0 Å². The molecule has 0 unspecified atom stereocenters. The number of hydrogen-bond acceptors (Lipinski definition) is 3. The van der Waals surface area contributed by atoms with Crippen molar-refractivity contribution in [3.8, 4) is 0 Å². The van der Waals surface area contributed by atoms with Crippen LogP contribution in [0.2, 0.25) is 0 Å². The lowest BCUT2D eigenvalue weighted by atomic mass is 9.76. The molecule has 0 radical (unpaired) electrons. The lowest BCUT2D eigenvalue weighted by Crippen LogP contribution is -2.44. The van der Waals surface area contributed by atoms with E-state index in [0.717, 1.165) is 25.1 Å². The Morgan fingerprint density at radius 1 is 1.47 bits per heavy atom. The Balaban J connectivity index is 2.35. The van der Waals surface area contributed by atoms with E-state index < -0.39 is 5.97 Å². The van der Waals surface area contributed by atoms with Crippen LogP contribution in [0, 0.1) is 6.92 Å². The first kappa shape index (κ1) is 12.2. The van der Waals surface area contributed by atoms with Crippen LogP contribution >= 0.6 is 0 Å². The van der Waals surface area contributed by atoms with Gasteiger partial charge in [-0.05, 0) is 38.3 Å². The van der Waals surface area contributed by atoms with Crippen molar-refractivity contribution in [1.29, 1.82) is 0 Å². The maximum Gasteiger partial charge on any atom is 0.337 e. The fourth-order valence-electron chi connectivity index (χ4n) is 3.03. The van der Waals surface area contributed by atoms with Gasteiger partial charge in [0.25, 0.3) is 0 Å². The van der Waals surface area contributed by atoms with Gasteiger partial charge in [-0.1, -0.05) is 6.07 Å². The summed E-state index contributed by atoms with van der Waals surface area (Å²) < 4.78 is 1.93. The van der Waals surface area contributed by atoms with E-state index in [9.17, 15) is 15.0 Å². The van der Waals surface area contributed by atoms with Crippen molar-refractivity contribution < 1.29 is 15.0 Å². The number of aromatic nitrogens is 2. The molecule has 1 aliphatic rings. The van der Waals surface area contributed by atoms with Gasteiger partial charge in [0.1, 0.15) is 5.82 Å². The molecule has 1 heterocycles. The summed E-state index contributed by atoms with van der Waals surface area (Å²) in [5.41, 5.74) is 1.18. The van der Waals surface area contributed by atoms with E-state index in [-0.39, 0.29) is 17.7 Å². The van der Waals surface area contributed by atoms with E-state index >= 15 is 0 Å². The van der Waals surface area contributed by atoms with Crippen molar-refractivity contribution in [2.24, 2.45) is 0 Å². The number of benzene rings is 1. The Kier molecular flexibility index (Phi) is 2.60. The molecule has 0 spiro atoms. The minimum Gasteiger partial charge on any atom is -0.478 e. The first-order valence-electron chi connectivity index (χ1n) is 6.42. The van der Waals surface area contributed by atoms with Gasteiger partial charge in [-0.2, -0.15) is 0 Å². The summed E-state index contributed by atoms with van der Waals surface area (Å²) in [6.45, 7) is 1.88. The van der Waals surface area contributed by atoms with Crippen molar-refractivity contribution in [3.05, 3.63) is 29.6 Å². The summed E-state index contributed by atoms with van der Waals surface area (Å²) in [6.07, 6.45) is 2.78. The van der Waals surface area contributed by atoms with Crippen molar-refractivity contribution in [1.82, 2.24) is 9.55 Å². The Bertz CT molecular complexity index is 650. The minimum absolute atomic E-state index is 0.0211. The average molecular weight is 260 g/mol. The van der Waals surface area contributed by atoms with Gasteiger partial charge in [0.15, 0.2) is 0 Å². The van der Waals surface area contributed by atoms with Gasteiger partial charge >= 0.3 is 5.97 Å². The molecule has 0 bridgehead atoms. The normalized spacial score (nSPS) is 17.4. The average Bonchev–Trinajstić information content (AvgIpc) is 2.66. The lowest BCUT2D eigenvalue weighted by Gasteiger charge is -2.43. The maximum atomic E-state index is 11.4. The number of aryl methyl sites for hydroxylation is 1. The maximum absolute atomic E-state index is 11.4. The number of aliphatic hydroxyl groups excluding tert-OH is 1. The second-order valence-electron chi connectivity index (χ2n) is 5.21. The zero-order valence-corrected chi connectivity index (χ0v) is 10.8. The Hall–Kier alpha value is -1.88. The number of fused-ring (bicyclic) bond motifs is 1. The third-order valence-corrected chi connectivity index (χ3v) is 4.13. The monoisotopic (exact) mass is 260 g/mol. The van der Waals surface area contributed by atoms with E-state index in [1.54, 1.807) is 12.1 Å². The molecule has 0 aliphatic heterocycles. The van der Waals surface area contributed by atoms with Crippen molar-refractivity contribution >= 4 is 17.0 Å². The highest BCUT2D eigenvalue weighted by Crippen LogP contribution is 2.42. The first-order chi connectivity index (χ1) is 9.09. The van der Waals surface area contributed by atoms with Crippen LogP contribution in [0.25, 0.3) is 11.0 Å². The predicted octanol–water partition coefficient (Wildman–Crippen LogP) is 1.91. The van der Waals surface area contributed by atoms with Crippen LogP contribution in [0.5, 0.6) is 0 Å². The number of carbonyl (C=O) groups is 1. The molecular formula is C14H16N2O3.